The van der Waals surface area contributed by atoms with Crippen molar-refractivity contribution in [2.75, 3.05) is 14.1 Å². The topological polar surface area (TPSA) is 87.0 Å². The molecule has 6 nitrogen and oxygen atoms in total. The van der Waals surface area contributed by atoms with Crippen molar-refractivity contribution in [2.45, 2.75) is 31.2 Å². The Labute approximate surface area is 194 Å². The van der Waals surface area contributed by atoms with Crippen molar-refractivity contribution in [3.05, 3.63) is 83.4 Å². The van der Waals surface area contributed by atoms with Gasteiger partial charge in [-0.15, -0.1) is 0 Å². The highest BCUT2D eigenvalue weighted by Gasteiger charge is 2.24. The first-order chi connectivity index (χ1) is 15.8. The molecule has 0 amide bonds. The molecule has 0 saturated heterocycles. The molecule has 1 aromatic heterocycles. The SMILES string of the molecule is CCCc1ccc(-c2cc(CNC)cn2S(=O)(=O)c2cccc(/C(C=N)=C/NC)c2)c(F)c1. The van der Waals surface area contributed by atoms with Gasteiger partial charge in [0.25, 0.3) is 10.0 Å². The lowest BCUT2D eigenvalue weighted by molar-refractivity contribution is 0.587. The van der Waals surface area contributed by atoms with Gasteiger partial charge in [-0.3, -0.25) is 0 Å². The molecule has 0 aliphatic carbocycles. The van der Waals surface area contributed by atoms with E-state index in [4.69, 9.17) is 5.41 Å². The number of hydrogen-bond donors (Lipinski definition) is 3. The normalized spacial score (nSPS) is 12.1. The summed E-state index contributed by atoms with van der Waals surface area (Å²) in [6.07, 6.45) is 5.95. The van der Waals surface area contributed by atoms with Gasteiger partial charge in [-0.1, -0.05) is 31.5 Å². The van der Waals surface area contributed by atoms with E-state index in [2.05, 4.69) is 10.6 Å². The third kappa shape index (κ3) is 5.23. The van der Waals surface area contributed by atoms with Crippen molar-refractivity contribution in [3.8, 4) is 11.3 Å². The molecule has 3 aromatic rings. The maximum Gasteiger partial charge on any atom is 0.268 e. The van der Waals surface area contributed by atoms with Gasteiger partial charge in [-0.05, 0) is 60.5 Å². The van der Waals surface area contributed by atoms with Crippen molar-refractivity contribution in [3.63, 3.8) is 0 Å². The molecule has 0 bridgehead atoms. The average Bonchev–Trinajstić information content (AvgIpc) is 3.22. The summed E-state index contributed by atoms with van der Waals surface area (Å²) in [4.78, 5) is 0.0553. The van der Waals surface area contributed by atoms with Crippen LogP contribution in [-0.4, -0.2) is 32.7 Å². The van der Waals surface area contributed by atoms with E-state index in [1.54, 1.807) is 44.6 Å². The van der Waals surface area contributed by atoms with Gasteiger partial charge < -0.3 is 16.0 Å². The largest absolute Gasteiger partial charge is 0.393 e. The zero-order valence-corrected chi connectivity index (χ0v) is 19.8. The third-order valence-corrected chi connectivity index (χ3v) is 6.92. The van der Waals surface area contributed by atoms with Crippen molar-refractivity contribution in [1.82, 2.24) is 14.6 Å². The number of halogens is 1. The summed E-state index contributed by atoms with van der Waals surface area (Å²) in [6.45, 7) is 2.46. The fourth-order valence-electron chi connectivity index (χ4n) is 3.72. The number of benzene rings is 2. The van der Waals surface area contributed by atoms with E-state index in [0.29, 0.717) is 17.7 Å². The van der Waals surface area contributed by atoms with Gasteiger partial charge in [-0.25, -0.2) is 16.8 Å². The first kappa shape index (κ1) is 24.4. The van der Waals surface area contributed by atoms with Crippen LogP contribution in [0.4, 0.5) is 4.39 Å². The lowest BCUT2D eigenvalue weighted by Gasteiger charge is -2.13. The number of aromatic nitrogens is 1. The Morgan fingerprint density at radius 3 is 2.55 bits per heavy atom. The first-order valence-corrected chi connectivity index (χ1v) is 12.2. The molecule has 0 fully saturated rings. The summed E-state index contributed by atoms with van der Waals surface area (Å²) >= 11 is 0. The van der Waals surface area contributed by atoms with Gasteiger partial charge in [0, 0.05) is 43.3 Å². The summed E-state index contributed by atoms with van der Waals surface area (Å²) in [7, 11) is -0.558. The molecule has 33 heavy (non-hydrogen) atoms. The number of nitrogens with one attached hydrogen (secondary N) is 3. The second kappa shape index (κ2) is 10.6. The molecule has 0 aliphatic rings. The zero-order valence-electron chi connectivity index (χ0n) is 19.0. The van der Waals surface area contributed by atoms with Crippen LogP contribution < -0.4 is 10.6 Å². The van der Waals surface area contributed by atoms with E-state index in [0.717, 1.165) is 34.2 Å². The first-order valence-electron chi connectivity index (χ1n) is 10.7. The minimum Gasteiger partial charge on any atom is -0.393 e. The van der Waals surface area contributed by atoms with Crippen LogP contribution in [0.2, 0.25) is 0 Å². The highest BCUT2D eigenvalue weighted by Crippen LogP contribution is 2.30. The van der Waals surface area contributed by atoms with Crippen LogP contribution in [0, 0.1) is 11.2 Å². The minimum absolute atomic E-state index is 0.0553. The summed E-state index contributed by atoms with van der Waals surface area (Å²) in [6, 6.07) is 13.0. The standard InChI is InChI=1S/C25H29FN4O2S/c1-4-6-18-9-10-23(24(26)11-18)25-12-19(15-28-2)17-30(25)33(31,32)22-8-5-7-20(13-22)21(14-27)16-29-3/h5,7-14,16-17,27-29H,4,6,15H2,1-3H3/b21-16+,27-14?. The minimum atomic E-state index is -4.03. The molecule has 0 spiro atoms. The molecule has 0 saturated carbocycles. The van der Waals surface area contributed by atoms with E-state index in [9.17, 15) is 8.42 Å². The lowest BCUT2D eigenvalue weighted by atomic mass is 10.0. The smallest absolute Gasteiger partial charge is 0.268 e. The lowest BCUT2D eigenvalue weighted by Crippen LogP contribution is -2.14. The van der Waals surface area contributed by atoms with Crippen LogP contribution in [0.1, 0.15) is 30.0 Å². The summed E-state index contributed by atoms with van der Waals surface area (Å²) in [5.41, 5.74) is 3.21. The van der Waals surface area contributed by atoms with Crippen LogP contribution in [0.3, 0.4) is 0 Å². The number of aryl methyl sites for hydroxylation is 1. The molecule has 0 aliphatic heterocycles. The number of rotatable bonds is 10. The highest BCUT2D eigenvalue weighted by atomic mass is 32.2. The molecule has 3 rings (SSSR count). The van der Waals surface area contributed by atoms with Crippen molar-refractivity contribution in [1.29, 1.82) is 5.41 Å². The highest BCUT2D eigenvalue weighted by molar-refractivity contribution is 7.90. The Bertz CT molecular complexity index is 1280. The van der Waals surface area contributed by atoms with Crippen LogP contribution in [0.15, 0.2) is 65.8 Å². The Morgan fingerprint density at radius 1 is 1.12 bits per heavy atom. The van der Waals surface area contributed by atoms with Gasteiger partial charge in [-0.2, -0.15) is 0 Å². The number of hydrogen-bond acceptors (Lipinski definition) is 5. The summed E-state index contributed by atoms with van der Waals surface area (Å²) in [5, 5.41) is 13.5. The Morgan fingerprint density at radius 2 is 1.91 bits per heavy atom. The predicted octanol–water partition coefficient (Wildman–Crippen LogP) is 4.41. The fraction of sp³-hybridized carbons (Fsp3) is 0.240. The maximum atomic E-state index is 15.1. The number of allylic oxidation sites excluding steroid dienone is 1. The Kier molecular flexibility index (Phi) is 7.84. The van der Waals surface area contributed by atoms with E-state index in [-0.39, 0.29) is 16.2 Å². The molecule has 3 N–H and O–H groups in total. The van der Waals surface area contributed by atoms with Crippen molar-refractivity contribution < 1.29 is 12.8 Å². The quantitative estimate of drug-likeness (QED) is 0.385. The Hall–Kier alpha value is -3.23. The van der Waals surface area contributed by atoms with E-state index < -0.39 is 15.8 Å². The van der Waals surface area contributed by atoms with Crippen LogP contribution in [-0.2, 0) is 23.0 Å². The summed E-state index contributed by atoms with van der Waals surface area (Å²) in [5.74, 6) is -0.455. The predicted molar refractivity (Wildman–Crippen MR) is 131 cm³/mol. The van der Waals surface area contributed by atoms with Crippen molar-refractivity contribution in [2.24, 2.45) is 0 Å². The van der Waals surface area contributed by atoms with Gasteiger partial charge in [0.1, 0.15) is 5.82 Å². The van der Waals surface area contributed by atoms with Crippen molar-refractivity contribution >= 4 is 21.8 Å². The second-order valence-electron chi connectivity index (χ2n) is 7.69. The van der Waals surface area contributed by atoms with Gasteiger partial charge in [0.05, 0.1) is 10.6 Å². The van der Waals surface area contributed by atoms with Crippen LogP contribution >= 0.6 is 0 Å². The Balaban J connectivity index is 2.17. The number of nitrogens with zero attached hydrogens (tertiary/aromatic N) is 1. The molecular formula is C25H29FN4O2S. The third-order valence-electron chi connectivity index (χ3n) is 5.25. The van der Waals surface area contributed by atoms with E-state index in [1.807, 2.05) is 13.0 Å². The molecular weight excluding hydrogens is 439 g/mol. The molecule has 2 aromatic carbocycles. The van der Waals surface area contributed by atoms with Gasteiger partial charge in [0.2, 0.25) is 0 Å². The zero-order chi connectivity index (χ0) is 24.0. The fourth-order valence-corrected chi connectivity index (χ4v) is 5.15. The molecule has 0 radical (unpaired) electrons. The molecule has 0 atom stereocenters. The van der Waals surface area contributed by atoms with Crippen LogP contribution in [0.25, 0.3) is 16.8 Å². The van der Waals surface area contributed by atoms with E-state index in [1.165, 1.54) is 24.4 Å². The average molecular weight is 469 g/mol. The molecule has 1 heterocycles. The molecule has 0 unspecified atom stereocenters. The molecule has 8 heteroatoms. The maximum absolute atomic E-state index is 15.1. The molecule has 174 valence electrons. The second-order valence-corrected chi connectivity index (χ2v) is 9.50. The monoisotopic (exact) mass is 468 g/mol. The summed E-state index contributed by atoms with van der Waals surface area (Å²) < 4.78 is 43.6. The van der Waals surface area contributed by atoms with Gasteiger partial charge in [0.15, 0.2) is 0 Å². The van der Waals surface area contributed by atoms with E-state index >= 15 is 4.39 Å². The van der Waals surface area contributed by atoms with Gasteiger partial charge >= 0.3 is 0 Å². The van der Waals surface area contributed by atoms with Crippen LogP contribution in [0.5, 0.6) is 0 Å².